The molecule has 1 saturated heterocycles. The Morgan fingerprint density at radius 3 is 3.06 bits per heavy atom. The second kappa shape index (κ2) is 4.49. The monoisotopic (exact) mass is 247 g/mol. The molecule has 2 heterocycles. The van der Waals surface area contributed by atoms with Crippen molar-refractivity contribution >= 4 is 0 Å². The fraction of sp³-hybridized carbons (Fsp3) is 0.385. The van der Waals surface area contributed by atoms with Gasteiger partial charge in [0.1, 0.15) is 5.82 Å². The number of aryl methyl sites for hydroxylation is 1. The second-order valence-corrected chi connectivity index (χ2v) is 4.57. The van der Waals surface area contributed by atoms with Crippen molar-refractivity contribution in [1.82, 2.24) is 15.5 Å². The summed E-state index contributed by atoms with van der Waals surface area (Å²) in [7, 11) is 0. The molecule has 1 aromatic carbocycles. The largest absolute Gasteiger partial charge is 0.337 e. The molecule has 3 rings (SSSR count). The predicted molar refractivity (Wildman–Crippen MR) is 64.4 cm³/mol. The van der Waals surface area contributed by atoms with Crippen molar-refractivity contribution in [3.8, 4) is 11.4 Å². The van der Waals surface area contributed by atoms with Crippen molar-refractivity contribution in [2.24, 2.45) is 0 Å². The van der Waals surface area contributed by atoms with E-state index in [2.05, 4.69) is 15.5 Å². The summed E-state index contributed by atoms with van der Waals surface area (Å²) in [5.41, 5.74) is 1.36. The summed E-state index contributed by atoms with van der Waals surface area (Å²) in [6.07, 6.45) is 2.14. The minimum absolute atomic E-state index is 0.160. The van der Waals surface area contributed by atoms with Crippen LogP contribution in [0.5, 0.6) is 0 Å². The normalized spacial score (nSPS) is 19.3. The van der Waals surface area contributed by atoms with Crippen molar-refractivity contribution in [1.29, 1.82) is 0 Å². The summed E-state index contributed by atoms with van der Waals surface area (Å²) >= 11 is 0. The third-order valence-electron chi connectivity index (χ3n) is 3.22. The summed E-state index contributed by atoms with van der Waals surface area (Å²) in [5, 5.41) is 7.26. The van der Waals surface area contributed by atoms with E-state index in [4.69, 9.17) is 4.52 Å². The summed E-state index contributed by atoms with van der Waals surface area (Å²) in [4.78, 5) is 4.37. The molecule has 1 aliphatic heterocycles. The molecule has 5 heteroatoms. The molecule has 1 aromatic heterocycles. The van der Waals surface area contributed by atoms with Crippen LogP contribution in [0, 0.1) is 12.7 Å². The number of nitrogens with one attached hydrogen (secondary N) is 1. The van der Waals surface area contributed by atoms with Crippen LogP contribution in [-0.4, -0.2) is 16.7 Å². The topological polar surface area (TPSA) is 51.0 Å². The van der Waals surface area contributed by atoms with Crippen LogP contribution in [-0.2, 0) is 0 Å². The van der Waals surface area contributed by atoms with Gasteiger partial charge >= 0.3 is 0 Å². The summed E-state index contributed by atoms with van der Waals surface area (Å²) < 4.78 is 18.4. The maximum Gasteiger partial charge on any atom is 0.244 e. The van der Waals surface area contributed by atoms with Crippen molar-refractivity contribution in [3.05, 3.63) is 35.5 Å². The van der Waals surface area contributed by atoms with Crippen molar-refractivity contribution in [2.45, 2.75) is 25.8 Å². The van der Waals surface area contributed by atoms with E-state index in [1.54, 1.807) is 19.1 Å². The number of halogens is 1. The molecule has 0 bridgehead atoms. The maximum atomic E-state index is 13.2. The van der Waals surface area contributed by atoms with E-state index >= 15 is 0 Å². The number of hydrogen-bond donors (Lipinski definition) is 1. The highest BCUT2D eigenvalue weighted by Crippen LogP contribution is 2.25. The van der Waals surface area contributed by atoms with Gasteiger partial charge in [0.15, 0.2) is 0 Å². The summed E-state index contributed by atoms with van der Waals surface area (Å²) in [6.45, 7) is 2.70. The fourth-order valence-electron chi connectivity index (χ4n) is 2.17. The average Bonchev–Trinajstić information content (AvgIpc) is 3.01. The molecule has 94 valence electrons. The van der Waals surface area contributed by atoms with Crippen LogP contribution in [0.25, 0.3) is 11.4 Å². The van der Waals surface area contributed by atoms with Gasteiger partial charge in [-0.15, -0.1) is 0 Å². The molecule has 1 atom stereocenters. The SMILES string of the molecule is Cc1cc(-c2noc(C3CCCN3)n2)ccc1F. The van der Waals surface area contributed by atoms with Gasteiger partial charge in [-0.05, 0) is 50.1 Å². The Kier molecular flexibility index (Phi) is 2.83. The fourth-order valence-corrected chi connectivity index (χ4v) is 2.17. The first-order chi connectivity index (χ1) is 8.74. The van der Waals surface area contributed by atoms with E-state index in [0.717, 1.165) is 24.9 Å². The molecule has 0 saturated carbocycles. The maximum absolute atomic E-state index is 13.2. The smallest absolute Gasteiger partial charge is 0.244 e. The Morgan fingerprint density at radius 1 is 1.44 bits per heavy atom. The Labute approximate surface area is 104 Å². The average molecular weight is 247 g/mol. The van der Waals surface area contributed by atoms with E-state index in [-0.39, 0.29) is 11.9 Å². The van der Waals surface area contributed by atoms with Gasteiger partial charge in [0.05, 0.1) is 6.04 Å². The van der Waals surface area contributed by atoms with E-state index in [9.17, 15) is 4.39 Å². The van der Waals surface area contributed by atoms with Crippen molar-refractivity contribution in [3.63, 3.8) is 0 Å². The number of nitrogens with zero attached hydrogens (tertiary/aromatic N) is 2. The molecule has 1 aliphatic rings. The second-order valence-electron chi connectivity index (χ2n) is 4.57. The standard InChI is InChI=1S/C13H14FN3O/c1-8-7-9(4-5-10(8)14)12-16-13(18-17-12)11-3-2-6-15-11/h4-5,7,11,15H,2-3,6H2,1H3. The Hall–Kier alpha value is -1.75. The van der Waals surface area contributed by atoms with Gasteiger partial charge in [-0.25, -0.2) is 4.39 Å². The molecule has 1 unspecified atom stereocenters. The number of aromatic nitrogens is 2. The van der Waals surface area contributed by atoms with Gasteiger partial charge in [0.25, 0.3) is 0 Å². The molecule has 0 radical (unpaired) electrons. The first kappa shape index (κ1) is 11.3. The van der Waals surface area contributed by atoms with Crippen LogP contribution >= 0.6 is 0 Å². The number of benzene rings is 1. The quantitative estimate of drug-likeness (QED) is 0.886. The van der Waals surface area contributed by atoms with Gasteiger partial charge < -0.3 is 9.84 Å². The highest BCUT2D eigenvalue weighted by atomic mass is 19.1. The first-order valence-electron chi connectivity index (χ1n) is 6.07. The van der Waals surface area contributed by atoms with E-state index in [1.165, 1.54) is 6.07 Å². The molecule has 4 nitrogen and oxygen atoms in total. The first-order valence-corrected chi connectivity index (χ1v) is 6.07. The van der Waals surface area contributed by atoms with Gasteiger partial charge in [-0.3, -0.25) is 0 Å². The van der Waals surface area contributed by atoms with Gasteiger partial charge in [-0.1, -0.05) is 5.16 Å². The lowest BCUT2D eigenvalue weighted by Crippen LogP contribution is -2.12. The molecular weight excluding hydrogens is 233 g/mol. The summed E-state index contributed by atoms with van der Waals surface area (Å²) in [6, 6.07) is 4.98. The molecule has 1 N–H and O–H groups in total. The Bertz CT molecular complexity index is 561. The molecule has 2 aromatic rings. The highest BCUT2D eigenvalue weighted by molar-refractivity contribution is 5.55. The summed E-state index contributed by atoms with van der Waals surface area (Å²) in [5.74, 6) is 0.909. The lowest BCUT2D eigenvalue weighted by atomic mass is 10.1. The van der Waals surface area contributed by atoms with E-state index in [1.807, 2.05) is 0 Å². The predicted octanol–water partition coefficient (Wildman–Crippen LogP) is 2.61. The molecular formula is C13H14FN3O. The van der Waals surface area contributed by atoms with Gasteiger partial charge in [0, 0.05) is 5.56 Å². The Balaban J connectivity index is 1.89. The van der Waals surface area contributed by atoms with Gasteiger partial charge in [-0.2, -0.15) is 4.98 Å². The van der Waals surface area contributed by atoms with Crippen molar-refractivity contribution in [2.75, 3.05) is 6.54 Å². The van der Waals surface area contributed by atoms with Crippen LogP contribution in [0.4, 0.5) is 4.39 Å². The zero-order valence-corrected chi connectivity index (χ0v) is 10.1. The highest BCUT2D eigenvalue weighted by Gasteiger charge is 2.22. The lowest BCUT2D eigenvalue weighted by Gasteiger charge is -2.01. The number of rotatable bonds is 2. The van der Waals surface area contributed by atoms with Crippen LogP contribution in [0.2, 0.25) is 0 Å². The Morgan fingerprint density at radius 2 is 2.33 bits per heavy atom. The minimum atomic E-state index is -0.222. The molecule has 18 heavy (non-hydrogen) atoms. The molecule has 0 spiro atoms. The van der Waals surface area contributed by atoms with Gasteiger partial charge in [0.2, 0.25) is 11.7 Å². The third kappa shape index (κ3) is 2.01. The van der Waals surface area contributed by atoms with Crippen LogP contribution < -0.4 is 5.32 Å². The minimum Gasteiger partial charge on any atom is -0.337 e. The lowest BCUT2D eigenvalue weighted by molar-refractivity contribution is 0.345. The molecule has 0 aliphatic carbocycles. The zero-order valence-electron chi connectivity index (χ0n) is 10.1. The van der Waals surface area contributed by atoms with Crippen LogP contribution in [0.1, 0.15) is 30.3 Å². The van der Waals surface area contributed by atoms with Crippen LogP contribution in [0.15, 0.2) is 22.7 Å². The molecule has 1 fully saturated rings. The third-order valence-corrected chi connectivity index (χ3v) is 3.22. The molecule has 0 amide bonds. The van der Waals surface area contributed by atoms with E-state index in [0.29, 0.717) is 17.3 Å². The van der Waals surface area contributed by atoms with E-state index < -0.39 is 0 Å². The number of hydrogen-bond acceptors (Lipinski definition) is 4. The van der Waals surface area contributed by atoms with Crippen molar-refractivity contribution < 1.29 is 8.91 Å². The zero-order chi connectivity index (χ0) is 12.5. The van der Waals surface area contributed by atoms with Crippen LogP contribution in [0.3, 0.4) is 0 Å².